The Morgan fingerprint density at radius 3 is 2.67 bits per heavy atom. The molecule has 0 amide bonds. The Morgan fingerprint density at radius 2 is 2.00 bits per heavy atom. The molecule has 1 aromatic carbocycles. The van der Waals surface area contributed by atoms with Crippen LogP contribution in [0.15, 0.2) is 18.2 Å². The van der Waals surface area contributed by atoms with E-state index in [0.717, 1.165) is 25.3 Å². The number of hydrogen-bond donors (Lipinski definition) is 1. The number of nitrogens with one attached hydrogen (secondary N) is 1. The Kier molecular flexibility index (Phi) is 6.81. The molecule has 102 valence electrons. The van der Waals surface area contributed by atoms with Crippen molar-refractivity contribution in [1.29, 1.82) is 0 Å². The second kappa shape index (κ2) is 8.15. The van der Waals surface area contributed by atoms with Crippen molar-refractivity contribution in [1.82, 2.24) is 5.32 Å². The van der Waals surface area contributed by atoms with Crippen molar-refractivity contribution < 1.29 is 4.74 Å². The predicted octanol–water partition coefficient (Wildman–Crippen LogP) is 3.85. The van der Waals surface area contributed by atoms with Crippen LogP contribution in [-0.2, 0) is 0 Å². The molecule has 0 aliphatic carbocycles. The lowest BCUT2D eigenvalue weighted by Gasteiger charge is -2.16. The highest BCUT2D eigenvalue weighted by Crippen LogP contribution is 2.19. The maximum atomic E-state index is 5.86. The molecule has 0 saturated carbocycles. The monoisotopic (exact) mass is 249 g/mol. The molecule has 0 heterocycles. The number of ether oxygens (including phenoxy) is 1. The van der Waals surface area contributed by atoms with Gasteiger partial charge < -0.3 is 10.1 Å². The van der Waals surface area contributed by atoms with E-state index in [1.165, 1.54) is 24.0 Å². The summed E-state index contributed by atoms with van der Waals surface area (Å²) in [4.78, 5) is 0. The van der Waals surface area contributed by atoms with Gasteiger partial charge in [-0.25, -0.2) is 0 Å². The van der Waals surface area contributed by atoms with Gasteiger partial charge >= 0.3 is 0 Å². The predicted molar refractivity (Wildman–Crippen MR) is 78.4 cm³/mol. The van der Waals surface area contributed by atoms with E-state index in [-0.39, 0.29) is 0 Å². The Morgan fingerprint density at radius 1 is 1.22 bits per heavy atom. The number of rotatable bonds is 8. The molecule has 2 nitrogen and oxygen atoms in total. The van der Waals surface area contributed by atoms with Crippen molar-refractivity contribution in [3.63, 3.8) is 0 Å². The molecule has 18 heavy (non-hydrogen) atoms. The lowest BCUT2D eigenvalue weighted by molar-refractivity contribution is 0.293. The van der Waals surface area contributed by atoms with Crippen LogP contribution >= 0.6 is 0 Å². The largest absolute Gasteiger partial charge is 0.493 e. The maximum absolute atomic E-state index is 5.86. The fraction of sp³-hybridized carbons (Fsp3) is 0.625. The fourth-order valence-electron chi connectivity index (χ4n) is 2.11. The van der Waals surface area contributed by atoms with Crippen molar-refractivity contribution >= 4 is 0 Å². The zero-order valence-corrected chi connectivity index (χ0v) is 12.3. The van der Waals surface area contributed by atoms with Gasteiger partial charge in [0.25, 0.3) is 0 Å². The first-order valence-electron chi connectivity index (χ1n) is 7.10. The van der Waals surface area contributed by atoms with Crippen molar-refractivity contribution in [2.24, 2.45) is 0 Å². The van der Waals surface area contributed by atoms with E-state index in [1.54, 1.807) is 0 Å². The van der Waals surface area contributed by atoms with Gasteiger partial charge in [-0.1, -0.05) is 26.0 Å². The van der Waals surface area contributed by atoms with Crippen LogP contribution in [0.2, 0.25) is 0 Å². The normalized spacial score (nSPS) is 12.4. The van der Waals surface area contributed by atoms with Crippen LogP contribution in [0.25, 0.3) is 0 Å². The average Bonchev–Trinajstić information content (AvgIpc) is 2.37. The number of hydrogen-bond acceptors (Lipinski definition) is 2. The summed E-state index contributed by atoms with van der Waals surface area (Å²) >= 11 is 0. The summed E-state index contributed by atoms with van der Waals surface area (Å²) < 4.78 is 5.86. The summed E-state index contributed by atoms with van der Waals surface area (Å²) in [5.41, 5.74) is 2.48. The third kappa shape index (κ3) is 5.09. The van der Waals surface area contributed by atoms with E-state index in [0.29, 0.717) is 6.04 Å². The zero-order chi connectivity index (χ0) is 13.4. The first kappa shape index (κ1) is 15.0. The fourth-order valence-corrected chi connectivity index (χ4v) is 2.11. The molecule has 1 aromatic rings. The summed E-state index contributed by atoms with van der Waals surface area (Å²) in [6.45, 7) is 10.5. The summed E-state index contributed by atoms with van der Waals surface area (Å²) in [5, 5.41) is 3.50. The van der Waals surface area contributed by atoms with Crippen molar-refractivity contribution in [3.05, 3.63) is 29.3 Å². The zero-order valence-electron chi connectivity index (χ0n) is 12.3. The highest BCUT2D eigenvalue weighted by molar-refractivity contribution is 5.35. The molecule has 0 saturated heterocycles. The lowest BCUT2D eigenvalue weighted by atomic mass is 10.1. The van der Waals surface area contributed by atoms with Crippen LogP contribution in [-0.4, -0.2) is 19.2 Å². The molecule has 0 aromatic heterocycles. The van der Waals surface area contributed by atoms with Gasteiger partial charge in [0, 0.05) is 6.04 Å². The Labute approximate surface area is 112 Å². The average molecular weight is 249 g/mol. The first-order valence-corrected chi connectivity index (χ1v) is 7.10. The van der Waals surface area contributed by atoms with Gasteiger partial charge in [0.2, 0.25) is 0 Å². The highest BCUT2D eigenvalue weighted by atomic mass is 16.5. The van der Waals surface area contributed by atoms with Crippen molar-refractivity contribution in [2.75, 3.05) is 13.2 Å². The van der Waals surface area contributed by atoms with Gasteiger partial charge in [-0.3, -0.25) is 0 Å². The van der Waals surface area contributed by atoms with E-state index in [4.69, 9.17) is 4.74 Å². The van der Waals surface area contributed by atoms with E-state index in [1.807, 2.05) is 0 Å². The van der Waals surface area contributed by atoms with Gasteiger partial charge in [-0.05, 0) is 56.8 Å². The van der Waals surface area contributed by atoms with Gasteiger partial charge in [-0.15, -0.1) is 0 Å². The van der Waals surface area contributed by atoms with Crippen LogP contribution in [0, 0.1) is 13.8 Å². The summed E-state index contributed by atoms with van der Waals surface area (Å²) in [6, 6.07) is 7.01. The molecular weight excluding hydrogens is 222 g/mol. The second-order valence-electron chi connectivity index (χ2n) is 4.92. The van der Waals surface area contributed by atoms with Crippen molar-refractivity contribution in [3.8, 4) is 5.75 Å². The molecule has 0 aliphatic heterocycles. The molecule has 1 N–H and O–H groups in total. The van der Waals surface area contributed by atoms with Crippen LogP contribution in [0.3, 0.4) is 0 Å². The number of aryl methyl sites for hydroxylation is 2. The SMILES string of the molecule is CCNC(CC)CCCOc1cc(C)ccc1C. The van der Waals surface area contributed by atoms with Crippen molar-refractivity contribution in [2.45, 2.75) is 53.0 Å². The molecule has 0 radical (unpaired) electrons. The molecule has 0 bridgehead atoms. The van der Waals surface area contributed by atoms with Gasteiger partial charge in [-0.2, -0.15) is 0 Å². The van der Waals surface area contributed by atoms with Gasteiger partial charge in [0.05, 0.1) is 6.61 Å². The summed E-state index contributed by atoms with van der Waals surface area (Å²) in [5.74, 6) is 1.03. The minimum absolute atomic E-state index is 0.636. The van der Waals surface area contributed by atoms with Crippen LogP contribution < -0.4 is 10.1 Å². The molecular formula is C16H27NO. The molecule has 2 heteroatoms. The Hall–Kier alpha value is -1.02. The topological polar surface area (TPSA) is 21.3 Å². The maximum Gasteiger partial charge on any atom is 0.122 e. The summed E-state index contributed by atoms with van der Waals surface area (Å²) in [7, 11) is 0. The Bertz CT molecular complexity index is 349. The van der Waals surface area contributed by atoms with E-state index >= 15 is 0 Å². The van der Waals surface area contributed by atoms with Crippen LogP contribution in [0.4, 0.5) is 0 Å². The first-order chi connectivity index (χ1) is 8.67. The summed E-state index contributed by atoms with van der Waals surface area (Å²) in [6.07, 6.45) is 3.49. The number of benzene rings is 1. The van der Waals surface area contributed by atoms with Gasteiger partial charge in [0.15, 0.2) is 0 Å². The second-order valence-corrected chi connectivity index (χ2v) is 4.92. The lowest BCUT2D eigenvalue weighted by Crippen LogP contribution is -2.28. The van der Waals surface area contributed by atoms with Gasteiger partial charge in [0.1, 0.15) is 5.75 Å². The van der Waals surface area contributed by atoms with Crippen LogP contribution in [0.5, 0.6) is 5.75 Å². The molecule has 1 atom stereocenters. The molecule has 1 unspecified atom stereocenters. The molecule has 0 aliphatic rings. The van der Waals surface area contributed by atoms with Crippen LogP contribution in [0.1, 0.15) is 44.2 Å². The van der Waals surface area contributed by atoms with E-state index in [2.05, 4.69) is 51.2 Å². The van der Waals surface area contributed by atoms with E-state index in [9.17, 15) is 0 Å². The quantitative estimate of drug-likeness (QED) is 0.707. The molecule has 1 rings (SSSR count). The third-order valence-corrected chi connectivity index (χ3v) is 3.28. The minimum atomic E-state index is 0.636. The highest BCUT2D eigenvalue weighted by Gasteiger charge is 2.04. The minimum Gasteiger partial charge on any atom is -0.493 e. The standard InChI is InChI=1S/C16H27NO/c1-5-15(17-6-2)8-7-11-18-16-12-13(3)9-10-14(16)4/h9-10,12,15,17H,5-8,11H2,1-4H3. The smallest absolute Gasteiger partial charge is 0.122 e. The van der Waals surface area contributed by atoms with E-state index < -0.39 is 0 Å². The Balaban J connectivity index is 2.31. The molecule has 0 fully saturated rings. The molecule has 0 spiro atoms. The third-order valence-electron chi connectivity index (χ3n) is 3.28.